The summed E-state index contributed by atoms with van der Waals surface area (Å²) in [5.41, 5.74) is 9.05. The van der Waals surface area contributed by atoms with Crippen molar-refractivity contribution in [3.05, 3.63) is 65.1 Å². The number of nitrogens with one attached hydrogen (secondary N) is 3. The lowest BCUT2D eigenvalue weighted by Crippen LogP contribution is -2.19. The third-order valence-corrected chi connectivity index (χ3v) is 6.31. The fraction of sp³-hybridized carbons (Fsp3) is 0.130. The molecule has 5 nitrogen and oxygen atoms in total. The zero-order valence-corrected chi connectivity index (χ0v) is 16.5. The van der Waals surface area contributed by atoms with E-state index in [1.54, 1.807) is 11.3 Å². The third-order valence-electron chi connectivity index (χ3n) is 5.63. The van der Waals surface area contributed by atoms with E-state index in [4.69, 9.17) is 0 Å². The Bertz CT molecular complexity index is 1360. The van der Waals surface area contributed by atoms with E-state index >= 15 is 0 Å². The number of H-pyrrole nitrogens is 2. The fourth-order valence-corrected chi connectivity index (χ4v) is 4.79. The zero-order chi connectivity index (χ0) is 19.2. The van der Waals surface area contributed by atoms with Crippen LogP contribution in [0.2, 0.25) is 0 Å². The maximum Gasteiger partial charge on any atom is 0.116 e. The first kappa shape index (κ1) is 16.7. The molecule has 0 fully saturated rings. The molecule has 5 aromatic rings. The Morgan fingerprint density at radius 2 is 1.97 bits per heavy atom. The van der Waals surface area contributed by atoms with Crippen LogP contribution in [0.1, 0.15) is 12.0 Å². The van der Waals surface area contributed by atoms with E-state index in [2.05, 4.69) is 72.7 Å². The Labute approximate surface area is 171 Å². The van der Waals surface area contributed by atoms with Gasteiger partial charge in [-0.25, -0.2) is 0 Å². The summed E-state index contributed by atoms with van der Waals surface area (Å²) < 4.78 is 0. The van der Waals surface area contributed by atoms with Gasteiger partial charge in [0.25, 0.3) is 0 Å². The Morgan fingerprint density at radius 3 is 2.83 bits per heavy atom. The largest absolute Gasteiger partial charge is 0.352 e. The SMILES string of the molecule is C1=C(c2ccc3[nH]nc(-c4cc5c(-c6ccsc6)cncc5[nH]4)c3c2)CCNC1. The van der Waals surface area contributed by atoms with Gasteiger partial charge in [0.05, 0.1) is 22.9 Å². The van der Waals surface area contributed by atoms with Crippen LogP contribution in [0, 0.1) is 0 Å². The van der Waals surface area contributed by atoms with Crippen LogP contribution in [0.5, 0.6) is 0 Å². The second kappa shape index (κ2) is 6.69. The molecule has 0 saturated heterocycles. The topological polar surface area (TPSA) is 69.4 Å². The highest BCUT2D eigenvalue weighted by molar-refractivity contribution is 7.08. The van der Waals surface area contributed by atoms with E-state index in [1.807, 2.05) is 12.4 Å². The molecule has 6 heteroatoms. The lowest BCUT2D eigenvalue weighted by molar-refractivity contribution is 0.739. The van der Waals surface area contributed by atoms with Crippen molar-refractivity contribution in [3.8, 4) is 22.5 Å². The summed E-state index contributed by atoms with van der Waals surface area (Å²) in [6, 6.07) is 10.9. The molecule has 29 heavy (non-hydrogen) atoms. The van der Waals surface area contributed by atoms with Gasteiger partial charge >= 0.3 is 0 Å². The molecule has 0 aliphatic carbocycles. The highest BCUT2D eigenvalue weighted by atomic mass is 32.1. The van der Waals surface area contributed by atoms with Crippen molar-refractivity contribution in [1.29, 1.82) is 0 Å². The predicted molar refractivity (Wildman–Crippen MR) is 120 cm³/mol. The van der Waals surface area contributed by atoms with Gasteiger partial charge in [0.2, 0.25) is 0 Å². The smallest absolute Gasteiger partial charge is 0.116 e. The molecule has 3 N–H and O–H groups in total. The minimum absolute atomic E-state index is 0.937. The van der Waals surface area contributed by atoms with Gasteiger partial charge < -0.3 is 10.3 Å². The number of pyridine rings is 1. The molecule has 6 rings (SSSR count). The fourth-order valence-electron chi connectivity index (χ4n) is 4.13. The van der Waals surface area contributed by atoms with E-state index in [0.717, 1.165) is 52.9 Å². The number of aromatic nitrogens is 4. The molecule has 0 bridgehead atoms. The Hall–Kier alpha value is -3.22. The quantitative estimate of drug-likeness (QED) is 0.391. The Balaban J connectivity index is 1.50. The summed E-state index contributed by atoms with van der Waals surface area (Å²) >= 11 is 1.70. The summed E-state index contributed by atoms with van der Waals surface area (Å²) in [5, 5.41) is 17.8. The maximum atomic E-state index is 4.63. The first-order valence-electron chi connectivity index (χ1n) is 9.75. The molecular formula is C23H19N5S. The van der Waals surface area contributed by atoms with Gasteiger partial charge in [0.15, 0.2) is 0 Å². The molecule has 4 aromatic heterocycles. The average molecular weight is 398 g/mol. The highest BCUT2D eigenvalue weighted by Gasteiger charge is 2.15. The first-order valence-corrected chi connectivity index (χ1v) is 10.7. The monoisotopic (exact) mass is 397 g/mol. The number of nitrogens with zero attached hydrogens (tertiary/aromatic N) is 2. The molecule has 1 aliphatic heterocycles. The number of fused-ring (bicyclic) bond motifs is 2. The minimum Gasteiger partial charge on any atom is -0.352 e. The molecule has 1 aromatic carbocycles. The highest BCUT2D eigenvalue weighted by Crippen LogP contribution is 2.35. The lowest BCUT2D eigenvalue weighted by atomic mass is 9.98. The molecule has 0 atom stereocenters. The van der Waals surface area contributed by atoms with Crippen molar-refractivity contribution >= 4 is 38.7 Å². The lowest BCUT2D eigenvalue weighted by Gasteiger charge is -2.14. The van der Waals surface area contributed by atoms with Gasteiger partial charge in [-0.3, -0.25) is 10.1 Å². The Morgan fingerprint density at radius 1 is 0.966 bits per heavy atom. The number of benzene rings is 1. The minimum atomic E-state index is 0.937. The standard InChI is InChI=1S/C23H19N5S/c1-2-20-18(9-15(1)14-3-6-24-7-4-14)23(28-27-20)21-10-17-19(16-5-8-29-13-16)11-25-12-22(17)26-21/h1-3,5,8-13,24,26H,4,6-7H2,(H,27,28). The number of aromatic amines is 2. The van der Waals surface area contributed by atoms with Crippen molar-refractivity contribution in [2.75, 3.05) is 13.1 Å². The molecule has 0 unspecified atom stereocenters. The summed E-state index contributed by atoms with van der Waals surface area (Å²) in [6.45, 7) is 1.97. The van der Waals surface area contributed by atoms with Crippen LogP contribution >= 0.6 is 11.3 Å². The van der Waals surface area contributed by atoms with Crippen molar-refractivity contribution in [2.45, 2.75) is 6.42 Å². The van der Waals surface area contributed by atoms with Crippen molar-refractivity contribution in [1.82, 2.24) is 25.5 Å². The molecule has 0 radical (unpaired) electrons. The molecular weight excluding hydrogens is 378 g/mol. The van der Waals surface area contributed by atoms with Gasteiger partial charge in [-0.05, 0) is 64.7 Å². The molecule has 142 valence electrons. The van der Waals surface area contributed by atoms with Crippen LogP contribution in [0.25, 0.3) is 49.9 Å². The first-order chi connectivity index (χ1) is 14.4. The van der Waals surface area contributed by atoms with Crippen LogP contribution < -0.4 is 5.32 Å². The second-order valence-corrected chi connectivity index (χ2v) is 8.14. The normalized spacial score (nSPS) is 14.6. The van der Waals surface area contributed by atoms with E-state index in [-0.39, 0.29) is 0 Å². The van der Waals surface area contributed by atoms with Gasteiger partial charge in [-0.1, -0.05) is 12.1 Å². The number of rotatable bonds is 3. The van der Waals surface area contributed by atoms with Crippen molar-refractivity contribution < 1.29 is 0 Å². The molecule has 1 aliphatic rings. The zero-order valence-electron chi connectivity index (χ0n) is 15.7. The van der Waals surface area contributed by atoms with Crippen LogP contribution in [-0.4, -0.2) is 33.3 Å². The summed E-state index contributed by atoms with van der Waals surface area (Å²) in [7, 11) is 0. The van der Waals surface area contributed by atoms with Crippen LogP contribution in [0.15, 0.2) is 59.6 Å². The summed E-state index contributed by atoms with van der Waals surface area (Å²) in [6.07, 6.45) is 7.16. The number of hydrogen-bond acceptors (Lipinski definition) is 4. The van der Waals surface area contributed by atoms with Crippen LogP contribution in [0.4, 0.5) is 0 Å². The van der Waals surface area contributed by atoms with E-state index in [1.165, 1.54) is 22.1 Å². The molecule has 0 spiro atoms. The molecule has 0 saturated carbocycles. The third kappa shape index (κ3) is 2.80. The summed E-state index contributed by atoms with van der Waals surface area (Å²) in [4.78, 5) is 7.96. The Kier molecular flexibility index (Phi) is 3.85. The molecule has 0 amide bonds. The van der Waals surface area contributed by atoms with Gasteiger partial charge in [-0.2, -0.15) is 16.4 Å². The van der Waals surface area contributed by atoms with Gasteiger partial charge in [0, 0.05) is 29.1 Å². The maximum absolute atomic E-state index is 4.63. The van der Waals surface area contributed by atoms with Gasteiger partial charge in [0.1, 0.15) is 5.69 Å². The number of hydrogen-bond donors (Lipinski definition) is 3. The van der Waals surface area contributed by atoms with Crippen molar-refractivity contribution in [2.24, 2.45) is 0 Å². The van der Waals surface area contributed by atoms with Crippen LogP contribution in [-0.2, 0) is 0 Å². The number of thiophene rings is 1. The summed E-state index contributed by atoms with van der Waals surface area (Å²) in [5.74, 6) is 0. The van der Waals surface area contributed by atoms with Gasteiger partial charge in [-0.15, -0.1) is 0 Å². The van der Waals surface area contributed by atoms with Crippen LogP contribution in [0.3, 0.4) is 0 Å². The van der Waals surface area contributed by atoms with E-state index in [0.29, 0.717) is 0 Å². The van der Waals surface area contributed by atoms with E-state index in [9.17, 15) is 0 Å². The van der Waals surface area contributed by atoms with Crippen molar-refractivity contribution in [3.63, 3.8) is 0 Å². The molecule has 5 heterocycles. The predicted octanol–water partition coefficient (Wildman–Crippen LogP) is 5.21. The second-order valence-electron chi connectivity index (χ2n) is 7.36. The average Bonchev–Trinajstić information content (AvgIpc) is 3.52. The van der Waals surface area contributed by atoms with E-state index < -0.39 is 0 Å².